The Kier molecular flexibility index (Phi) is 6.30. The summed E-state index contributed by atoms with van der Waals surface area (Å²) in [6.45, 7) is 1.39. The fraction of sp³-hybridized carbons (Fsp3) is 0.259. The molecule has 5 rings (SSSR count). The smallest absolute Gasteiger partial charge is 0.188 e. The highest BCUT2D eigenvalue weighted by Crippen LogP contribution is 2.49. The van der Waals surface area contributed by atoms with Crippen molar-refractivity contribution in [3.8, 4) is 28.4 Å². The van der Waals surface area contributed by atoms with E-state index in [2.05, 4.69) is 24.3 Å². The molecule has 0 radical (unpaired) electrons. The first kappa shape index (κ1) is 21.5. The molecular formula is C27H26O6. The molecule has 1 saturated heterocycles. The molecule has 0 aliphatic carbocycles. The van der Waals surface area contributed by atoms with E-state index in [1.807, 2.05) is 42.5 Å². The van der Waals surface area contributed by atoms with Gasteiger partial charge in [-0.3, -0.25) is 0 Å². The highest BCUT2D eigenvalue weighted by atomic mass is 16.7. The van der Waals surface area contributed by atoms with Crippen molar-refractivity contribution >= 4 is 21.5 Å². The summed E-state index contributed by atoms with van der Waals surface area (Å²) in [6.07, 6.45) is 0.119. The molecule has 0 saturated carbocycles. The van der Waals surface area contributed by atoms with Crippen LogP contribution in [0.1, 0.15) is 0 Å². The van der Waals surface area contributed by atoms with Crippen LogP contribution in [0.25, 0.3) is 32.7 Å². The fourth-order valence-electron chi connectivity index (χ4n) is 4.02. The van der Waals surface area contributed by atoms with Crippen molar-refractivity contribution in [1.82, 2.24) is 0 Å². The highest BCUT2D eigenvalue weighted by Gasteiger charge is 2.26. The van der Waals surface area contributed by atoms with Crippen molar-refractivity contribution < 1.29 is 28.4 Å². The molecule has 1 heterocycles. The fourth-order valence-corrected chi connectivity index (χ4v) is 4.02. The summed E-state index contributed by atoms with van der Waals surface area (Å²) in [5, 5.41) is 4.20. The van der Waals surface area contributed by atoms with E-state index in [9.17, 15) is 0 Å². The van der Waals surface area contributed by atoms with Crippen LogP contribution in [0.3, 0.4) is 0 Å². The number of methoxy groups -OCH3 is 2. The molecule has 1 fully saturated rings. The van der Waals surface area contributed by atoms with Gasteiger partial charge in [0.1, 0.15) is 18.5 Å². The molecule has 0 N–H and O–H groups in total. The van der Waals surface area contributed by atoms with Crippen LogP contribution >= 0.6 is 0 Å². The summed E-state index contributed by atoms with van der Waals surface area (Å²) >= 11 is 0. The Labute approximate surface area is 192 Å². The van der Waals surface area contributed by atoms with Gasteiger partial charge in [0, 0.05) is 25.3 Å². The molecule has 0 amide bonds. The van der Waals surface area contributed by atoms with Gasteiger partial charge in [-0.15, -0.1) is 0 Å². The topological polar surface area (TPSA) is 58.7 Å². The molecule has 0 unspecified atom stereocenters. The van der Waals surface area contributed by atoms with E-state index in [4.69, 9.17) is 28.4 Å². The average Bonchev–Trinajstić information content (AvgIpc) is 3.69. The van der Waals surface area contributed by atoms with Gasteiger partial charge in [0.25, 0.3) is 0 Å². The normalized spacial score (nSPS) is 15.0. The SMILES string of the molecule is COCOc1ccc2ccccc2c1-c1c(OCOC)c(OC[C@H]2CO2)cc2ccccc12. The maximum absolute atomic E-state index is 6.19. The average molecular weight is 446 g/mol. The predicted molar refractivity (Wildman–Crippen MR) is 127 cm³/mol. The quantitative estimate of drug-likeness (QED) is 0.240. The van der Waals surface area contributed by atoms with E-state index in [-0.39, 0.29) is 19.7 Å². The summed E-state index contributed by atoms with van der Waals surface area (Å²) in [5.41, 5.74) is 1.81. The van der Waals surface area contributed by atoms with Gasteiger partial charge in [-0.1, -0.05) is 54.6 Å². The van der Waals surface area contributed by atoms with Crippen molar-refractivity contribution in [1.29, 1.82) is 0 Å². The maximum atomic E-state index is 6.19. The Morgan fingerprint density at radius 2 is 1.39 bits per heavy atom. The summed E-state index contributed by atoms with van der Waals surface area (Å²) in [7, 11) is 3.21. The minimum Gasteiger partial charge on any atom is -0.487 e. The second-order valence-corrected chi connectivity index (χ2v) is 7.83. The molecule has 170 valence electrons. The number of hydrogen-bond acceptors (Lipinski definition) is 6. The van der Waals surface area contributed by atoms with Gasteiger partial charge in [-0.2, -0.15) is 0 Å². The van der Waals surface area contributed by atoms with Crippen molar-refractivity contribution in [2.75, 3.05) is 41.0 Å². The lowest BCUT2D eigenvalue weighted by Crippen LogP contribution is -2.09. The first-order valence-electron chi connectivity index (χ1n) is 10.9. The zero-order valence-corrected chi connectivity index (χ0v) is 18.7. The van der Waals surface area contributed by atoms with Crippen LogP contribution in [-0.2, 0) is 14.2 Å². The van der Waals surface area contributed by atoms with Gasteiger partial charge in [-0.25, -0.2) is 0 Å². The van der Waals surface area contributed by atoms with Gasteiger partial charge in [-0.05, 0) is 33.7 Å². The van der Waals surface area contributed by atoms with E-state index in [0.29, 0.717) is 30.5 Å². The summed E-state index contributed by atoms with van der Waals surface area (Å²) in [6, 6.07) is 22.4. The largest absolute Gasteiger partial charge is 0.487 e. The molecule has 4 aromatic rings. The number of rotatable bonds is 10. The Morgan fingerprint density at radius 3 is 2.12 bits per heavy atom. The second kappa shape index (κ2) is 9.67. The molecular weight excluding hydrogens is 420 g/mol. The molecule has 1 aliphatic rings. The summed E-state index contributed by atoms with van der Waals surface area (Å²) in [4.78, 5) is 0. The Balaban J connectivity index is 1.81. The zero-order valence-electron chi connectivity index (χ0n) is 18.7. The van der Waals surface area contributed by atoms with Crippen molar-refractivity contribution in [2.24, 2.45) is 0 Å². The third kappa shape index (κ3) is 4.46. The third-order valence-corrected chi connectivity index (χ3v) is 5.59. The van der Waals surface area contributed by atoms with Gasteiger partial charge in [0.05, 0.1) is 6.61 Å². The Bertz CT molecular complexity index is 1260. The second-order valence-electron chi connectivity index (χ2n) is 7.83. The number of fused-ring (bicyclic) bond motifs is 2. The summed E-state index contributed by atoms with van der Waals surface area (Å²) in [5.74, 6) is 1.95. The molecule has 1 aliphatic heterocycles. The number of epoxide rings is 1. The monoisotopic (exact) mass is 446 g/mol. The van der Waals surface area contributed by atoms with Crippen molar-refractivity contribution in [2.45, 2.75) is 6.10 Å². The predicted octanol–water partition coefficient (Wildman–Crippen LogP) is 5.40. The lowest BCUT2D eigenvalue weighted by molar-refractivity contribution is 0.0483. The Morgan fingerprint density at radius 1 is 0.727 bits per heavy atom. The van der Waals surface area contributed by atoms with Crippen molar-refractivity contribution in [3.63, 3.8) is 0 Å². The third-order valence-electron chi connectivity index (χ3n) is 5.59. The van der Waals surface area contributed by atoms with Gasteiger partial charge in [0.15, 0.2) is 25.1 Å². The van der Waals surface area contributed by atoms with Crippen LogP contribution < -0.4 is 14.2 Å². The molecule has 33 heavy (non-hydrogen) atoms. The van der Waals surface area contributed by atoms with Crippen LogP contribution in [0.2, 0.25) is 0 Å². The molecule has 0 aromatic heterocycles. The molecule has 0 bridgehead atoms. The summed E-state index contributed by atoms with van der Waals surface area (Å²) < 4.78 is 34.2. The lowest BCUT2D eigenvalue weighted by atomic mass is 9.92. The standard InChI is InChI=1S/C27H26O6/c1-28-16-32-23-12-11-18-7-3-5-9-21(18)25(23)26-22-10-6-4-8-19(22)13-24(27(26)33-17-29-2)31-15-20-14-30-20/h3-13,20H,14-17H2,1-2H3/t20-/m1/s1. The molecule has 1 atom stereocenters. The van der Waals surface area contributed by atoms with Crippen LogP contribution in [-0.4, -0.2) is 47.1 Å². The molecule has 6 nitrogen and oxygen atoms in total. The maximum Gasteiger partial charge on any atom is 0.188 e. The van der Waals surface area contributed by atoms with E-state index in [1.54, 1.807) is 14.2 Å². The van der Waals surface area contributed by atoms with Crippen LogP contribution in [0, 0.1) is 0 Å². The number of ether oxygens (including phenoxy) is 6. The van der Waals surface area contributed by atoms with Crippen LogP contribution in [0.4, 0.5) is 0 Å². The van der Waals surface area contributed by atoms with E-state index in [1.165, 1.54) is 0 Å². The van der Waals surface area contributed by atoms with Gasteiger partial charge >= 0.3 is 0 Å². The number of benzene rings is 4. The minimum atomic E-state index is 0.0840. The van der Waals surface area contributed by atoms with Crippen LogP contribution in [0.15, 0.2) is 66.7 Å². The number of hydrogen-bond donors (Lipinski definition) is 0. The van der Waals surface area contributed by atoms with Gasteiger partial charge in [0.2, 0.25) is 0 Å². The van der Waals surface area contributed by atoms with Crippen molar-refractivity contribution in [3.05, 3.63) is 66.7 Å². The van der Waals surface area contributed by atoms with Crippen LogP contribution in [0.5, 0.6) is 17.2 Å². The highest BCUT2D eigenvalue weighted by molar-refractivity contribution is 6.10. The molecule has 4 aromatic carbocycles. The molecule has 0 spiro atoms. The first-order chi connectivity index (χ1) is 16.3. The lowest BCUT2D eigenvalue weighted by Gasteiger charge is -2.21. The minimum absolute atomic E-state index is 0.0840. The zero-order chi connectivity index (χ0) is 22.6. The van der Waals surface area contributed by atoms with Gasteiger partial charge < -0.3 is 28.4 Å². The van der Waals surface area contributed by atoms with E-state index in [0.717, 1.165) is 32.7 Å². The first-order valence-corrected chi connectivity index (χ1v) is 10.9. The van der Waals surface area contributed by atoms with E-state index >= 15 is 0 Å². The van der Waals surface area contributed by atoms with E-state index < -0.39 is 0 Å². The Hall–Kier alpha value is -3.32. The molecule has 6 heteroatoms.